The first-order valence-corrected chi connectivity index (χ1v) is 8.56. The standard InChI is InChI=1S/C14H28N2O2S/c1-3-7-11(17)10-15-14(18)16-12-8-5-6-9-13(12)19-4-2/h11-13,17H,3-10H2,1-2H3,(H2,15,16,18). The Bertz CT molecular complexity index is 262. The van der Waals surface area contributed by atoms with Crippen LogP contribution in [0.4, 0.5) is 4.79 Å². The maximum Gasteiger partial charge on any atom is 0.315 e. The largest absolute Gasteiger partial charge is 0.391 e. The van der Waals surface area contributed by atoms with E-state index in [0.29, 0.717) is 11.8 Å². The van der Waals surface area contributed by atoms with Crippen LogP contribution in [-0.4, -0.2) is 40.8 Å². The molecular weight excluding hydrogens is 260 g/mol. The highest BCUT2D eigenvalue weighted by atomic mass is 32.2. The highest BCUT2D eigenvalue weighted by Gasteiger charge is 2.26. The third kappa shape index (κ3) is 6.52. The van der Waals surface area contributed by atoms with Gasteiger partial charge in [0.15, 0.2) is 0 Å². The molecule has 0 spiro atoms. The summed E-state index contributed by atoms with van der Waals surface area (Å²) in [6.45, 7) is 4.54. The molecular formula is C14H28N2O2S. The van der Waals surface area contributed by atoms with Crippen molar-refractivity contribution in [2.24, 2.45) is 0 Å². The van der Waals surface area contributed by atoms with Gasteiger partial charge in [0.25, 0.3) is 0 Å². The van der Waals surface area contributed by atoms with E-state index in [2.05, 4.69) is 17.6 Å². The predicted molar refractivity (Wildman–Crippen MR) is 81.6 cm³/mol. The van der Waals surface area contributed by atoms with Crippen LogP contribution in [-0.2, 0) is 0 Å². The minimum Gasteiger partial charge on any atom is -0.391 e. The van der Waals surface area contributed by atoms with Crippen LogP contribution in [0.5, 0.6) is 0 Å². The zero-order chi connectivity index (χ0) is 14.1. The molecule has 0 heterocycles. The van der Waals surface area contributed by atoms with Crippen LogP contribution in [0.15, 0.2) is 0 Å². The molecule has 1 rings (SSSR count). The van der Waals surface area contributed by atoms with E-state index in [-0.39, 0.29) is 12.1 Å². The fourth-order valence-corrected chi connectivity index (χ4v) is 3.74. The van der Waals surface area contributed by atoms with Gasteiger partial charge in [0.1, 0.15) is 0 Å². The molecule has 0 saturated heterocycles. The van der Waals surface area contributed by atoms with Gasteiger partial charge in [-0.1, -0.05) is 33.1 Å². The number of urea groups is 1. The van der Waals surface area contributed by atoms with E-state index in [4.69, 9.17) is 0 Å². The second kappa shape index (κ2) is 9.48. The van der Waals surface area contributed by atoms with Crippen molar-refractivity contribution < 1.29 is 9.90 Å². The monoisotopic (exact) mass is 288 g/mol. The highest BCUT2D eigenvalue weighted by Crippen LogP contribution is 2.28. The lowest BCUT2D eigenvalue weighted by molar-refractivity contribution is 0.159. The Morgan fingerprint density at radius 3 is 2.79 bits per heavy atom. The van der Waals surface area contributed by atoms with Gasteiger partial charge in [-0.3, -0.25) is 0 Å². The van der Waals surface area contributed by atoms with Crippen LogP contribution >= 0.6 is 11.8 Å². The van der Waals surface area contributed by atoms with E-state index in [1.807, 2.05) is 18.7 Å². The van der Waals surface area contributed by atoms with Crippen molar-refractivity contribution in [3.05, 3.63) is 0 Å². The van der Waals surface area contributed by atoms with Crippen LogP contribution in [0, 0.1) is 0 Å². The lowest BCUT2D eigenvalue weighted by atomic mass is 9.95. The van der Waals surface area contributed by atoms with E-state index >= 15 is 0 Å². The van der Waals surface area contributed by atoms with Crippen LogP contribution in [0.25, 0.3) is 0 Å². The van der Waals surface area contributed by atoms with E-state index in [0.717, 1.165) is 25.0 Å². The summed E-state index contributed by atoms with van der Waals surface area (Å²) in [5.74, 6) is 1.10. The molecule has 5 heteroatoms. The third-order valence-electron chi connectivity index (χ3n) is 3.52. The molecule has 1 saturated carbocycles. The first-order chi connectivity index (χ1) is 9.17. The van der Waals surface area contributed by atoms with E-state index in [9.17, 15) is 9.90 Å². The fraction of sp³-hybridized carbons (Fsp3) is 0.929. The molecule has 3 atom stereocenters. The number of carbonyl (C=O) groups excluding carboxylic acids is 1. The maximum absolute atomic E-state index is 11.8. The van der Waals surface area contributed by atoms with Crippen molar-refractivity contribution in [2.75, 3.05) is 12.3 Å². The highest BCUT2D eigenvalue weighted by molar-refractivity contribution is 7.99. The lowest BCUT2D eigenvalue weighted by Gasteiger charge is -2.31. The number of carbonyl (C=O) groups is 1. The number of rotatable bonds is 7. The van der Waals surface area contributed by atoms with Gasteiger partial charge in [-0.15, -0.1) is 0 Å². The van der Waals surface area contributed by atoms with Gasteiger partial charge in [0.2, 0.25) is 0 Å². The maximum atomic E-state index is 11.8. The molecule has 3 N–H and O–H groups in total. The quantitative estimate of drug-likeness (QED) is 0.674. The predicted octanol–water partition coefficient (Wildman–Crippen LogP) is 2.51. The van der Waals surface area contributed by atoms with Crippen molar-refractivity contribution in [1.82, 2.24) is 10.6 Å². The molecule has 2 amide bonds. The number of aliphatic hydroxyl groups excluding tert-OH is 1. The second-order valence-electron chi connectivity index (χ2n) is 5.18. The Morgan fingerprint density at radius 2 is 2.11 bits per heavy atom. The Labute approximate surface area is 121 Å². The molecule has 0 bridgehead atoms. The summed E-state index contributed by atoms with van der Waals surface area (Å²) >= 11 is 1.94. The first kappa shape index (κ1) is 16.6. The molecule has 0 radical (unpaired) electrons. The van der Waals surface area contributed by atoms with Crippen molar-refractivity contribution >= 4 is 17.8 Å². The van der Waals surface area contributed by atoms with Crippen LogP contribution in [0.3, 0.4) is 0 Å². The van der Waals surface area contributed by atoms with Crippen molar-refractivity contribution in [3.63, 3.8) is 0 Å². The van der Waals surface area contributed by atoms with Gasteiger partial charge >= 0.3 is 6.03 Å². The topological polar surface area (TPSA) is 61.4 Å². The Morgan fingerprint density at radius 1 is 1.37 bits per heavy atom. The van der Waals surface area contributed by atoms with Crippen molar-refractivity contribution in [2.45, 2.75) is 69.8 Å². The summed E-state index contributed by atoms with van der Waals surface area (Å²) in [5.41, 5.74) is 0. The van der Waals surface area contributed by atoms with Gasteiger partial charge in [-0.2, -0.15) is 11.8 Å². The van der Waals surface area contributed by atoms with Gasteiger partial charge in [0.05, 0.1) is 6.10 Å². The van der Waals surface area contributed by atoms with Gasteiger partial charge in [-0.05, 0) is 25.0 Å². The summed E-state index contributed by atoms with van der Waals surface area (Å²) < 4.78 is 0. The van der Waals surface area contributed by atoms with Crippen molar-refractivity contribution in [1.29, 1.82) is 0 Å². The molecule has 3 unspecified atom stereocenters. The van der Waals surface area contributed by atoms with E-state index < -0.39 is 6.10 Å². The SMILES string of the molecule is CCCC(O)CNC(=O)NC1CCCCC1SCC. The van der Waals surface area contributed by atoms with E-state index in [1.54, 1.807) is 0 Å². The fourth-order valence-electron chi connectivity index (χ4n) is 2.54. The molecule has 1 aliphatic carbocycles. The zero-order valence-corrected chi connectivity index (χ0v) is 13.0. The summed E-state index contributed by atoms with van der Waals surface area (Å²) in [5, 5.41) is 16.0. The van der Waals surface area contributed by atoms with Crippen LogP contribution in [0.1, 0.15) is 52.4 Å². The smallest absolute Gasteiger partial charge is 0.315 e. The molecule has 112 valence electrons. The summed E-state index contributed by atoms with van der Waals surface area (Å²) in [6, 6.07) is 0.144. The number of amides is 2. The van der Waals surface area contributed by atoms with E-state index in [1.165, 1.54) is 19.3 Å². The Balaban J connectivity index is 2.29. The van der Waals surface area contributed by atoms with Gasteiger partial charge in [0, 0.05) is 17.8 Å². The molecule has 19 heavy (non-hydrogen) atoms. The Kier molecular flexibility index (Phi) is 8.30. The molecule has 1 aliphatic rings. The first-order valence-electron chi connectivity index (χ1n) is 7.51. The summed E-state index contributed by atoms with van der Waals surface area (Å²) in [7, 11) is 0. The third-order valence-corrected chi connectivity index (χ3v) is 4.85. The minimum absolute atomic E-state index is 0.135. The number of nitrogens with one attached hydrogen (secondary N) is 2. The zero-order valence-electron chi connectivity index (χ0n) is 12.2. The van der Waals surface area contributed by atoms with Crippen LogP contribution in [0.2, 0.25) is 0 Å². The molecule has 4 nitrogen and oxygen atoms in total. The summed E-state index contributed by atoms with van der Waals surface area (Å²) in [6.07, 6.45) is 5.98. The summed E-state index contributed by atoms with van der Waals surface area (Å²) in [4.78, 5) is 11.8. The Hall–Kier alpha value is -0.420. The molecule has 0 aromatic heterocycles. The van der Waals surface area contributed by atoms with Crippen LogP contribution < -0.4 is 10.6 Å². The van der Waals surface area contributed by atoms with Crippen molar-refractivity contribution in [3.8, 4) is 0 Å². The number of thioether (sulfide) groups is 1. The number of hydrogen-bond acceptors (Lipinski definition) is 3. The lowest BCUT2D eigenvalue weighted by Crippen LogP contribution is -2.49. The number of hydrogen-bond donors (Lipinski definition) is 3. The van der Waals surface area contributed by atoms with Gasteiger partial charge < -0.3 is 15.7 Å². The molecule has 0 aromatic rings. The average Bonchev–Trinajstić information content (AvgIpc) is 2.39. The number of aliphatic hydroxyl groups is 1. The van der Waals surface area contributed by atoms with Gasteiger partial charge in [-0.25, -0.2) is 4.79 Å². The average molecular weight is 288 g/mol. The molecule has 0 aliphatic heterocycles. The normalized spacial score (nSPS) is 24.8. The molecule has 0 aromatic carbocycles. The minimum atomic E-state index is -0.428. The molecule has 1 fully saturated rings. The second-order valence-corrected chi connectivity index (χ2v) is 6.70.